The largest absolute Gasteiger partial charge is 0.398 e. The SMILES string of the molecule is CSc1ccc(CI)c(N)c1. The van der Waals surface area contributed by atoms with Crippen LogP contribution in [-0.4, -0.2) is 6.26 Å². The maximum absolute atomic E-state index is 5.79. The predicted octanol–water partition coefficient (Wildman–Crippen LogP) is 2.93. The van der Waals surface area contributed by atoms with Crippen molar-refractivity contribution in [3.05, 3.63) is 23.8 Å². The maximum Gasteiger partial charge on any atom is 0.0365 e. The summed E-state index contributed by atoms with van der Waals surface area (Å²) in [5, 5.41) is 0. The summed E-state index contributed by atoms with van der Waals surface area (Å²) in [6.45, 7) is 0. The highest BCUT2D eigenvalue weighted by atomic mass is 127. The Bertz CT molecular complexity index is 250. The van der Waals surface area contributed by atoms with Gasteiger partial charge in [-0.3, -0.25) is 0 Å². The van der Waals surface area contributed by atoms with Crippen molar-refractivity contribution in [1.82, 2.24) is 0 Å². The van der Waals surface area contributed by atoms with Crippen LogP contribution in [0.3, 0.4) is 0 Å². The van der Waals surface area contributed by atoms with Crippen LogP contribution < -0.4 is 5.73 Å². The average Bonchev–Trinajstić information content (AvgIpc) is 2.04. The summed E-state index contributed by atoms with van der Waals surface area (Å²) in [5.41, 5.74) is 7.92. The third kappa shape index (κ3) is 2.27. The Kier molecular flexibility index (Phi) is 3.51. The van der Waals surface area contributed by atoms with Crippen molar-refractivity contribution >= 4 is 40.0 Å². The molecule has 60 valence electrons. The number of nitrogen functional groups attached to an aromatic ring is 1. The van der Waals surface area contributed by atoms with Gasteiger partial charge in [-0.25, -0.2) is 0 Å². The molecule has 0 amide bonds. The topological polar surface area (TPSA) is 26.0 Å². The van der Waals surface area contributed by atoms with Crippen molar-refractivity contribution in [3.8, 4) is 0 Å². The number of alkyl halides is 1. The van der Waals surface area contributed by atoms with Gasteiger partial charge in [-0.15, -0.1) is 11.8 Å². The van der Waals surface area contributed by atoms with Crippen LogP contribution in [0.15, 0.2) is 23.1 Å². The Balaban J connectivity index is 2.99. The van der Waals surface area contributed by atoms with Crippen LogP contribution in [0.4, 0.5) is 5.69 Å². The first-order valence-corrected chi connectivity index (χ1v) is 6.01. The minimum atomic E-state index is 0.909. The van der Waals surface area contributed by atoms with Gasteiger partial charge in [0.15, 0.2) is 0 Å². The van der Waals surface area contributed by atoms with Gasteiger partial charge in [-0.05, 0) is 24.0 Å². The van der Waals surface area contributed by atoms with E-state index in [1.54, 1.807) is 11.8 Å². The van der Waals surface area contributed by atoms with E-state index in [2.05, 4.69) is 41.0 Å². The molecule has 11 heavy (non-hydrogen) atoms. The lowest BCUT2D eigenvalue weighted by molar-refractivity contribution is 1.37. The van der Waals surface area contributed by atoms with Gasteiger partial charge in [0.05, 0.1) is 0 Å². The maximum atomic E-state index is 5.79. The fraction of sp³-hybridized carbons (Fsp3) is 0.250. The van der Waals surface area contributed by atoms with E-state index < -0.39 is 0 Å². The summed E-state index contributed by atoms with van der Waals surface area (Å²) >= 11 is 4.04. The molecule has 0 aromatic heterocycles. The third-order valence-electron chi connectivity index (χ3n) is 1.50. The van der Waals surface area contributed by atoms with E-state index in [1.807, 2.05) is 6.07 Å². The molecule has 3 heteroatoms. The fourth-order valence-electron chi connectivity index (χ4n) is 0.822. The van der Waals surface area contributed by atoms with Gasteiger partial charge in [0.25, 0.3) is 0 Å². The zero-order valence-electron chi connectivity index (χ0n) is 6.30. The van der Waals surface area contributed by atoms with E-state index >= 15 is 0 Å². The molecule has 0 spiro atoms. The van der Waals surface area contributed by atoms with Crippen LogP contribution in [0.5, 0.6) is 0 Å². The van der Waals surface area contributed by atoms with E-state index in [4.69, 9.17) is 5.73 Å². The van der Waals surface area contributed by atoms with Gasteiger partial charge < -0.3 is 5.73 Å². The van der Waals surface area contributed by atoms with E-state index in [9.17, 15) is 0 Å². The second kappa shape index (κ2) is 4.21. The minimum absolute atomic E-state index is 0.909. The van der Waals surface area contributed by atoms with Crippen molar-refractivity contribution in [1.29, 1.82) is 0 Å². The molecule has 0 saturated carbocycles. The standard InChI is InChI=1S/C8H10INS/c1-11-7-3-2-6(5-9)8(10)4-7/h2-4H,5,10H2,1H3. The number of rotatable bonds is 2. The zero-order valence-corrected chi connectivity index (χ0v) is 9.28. The molecule has 1 aromatic rings. The molecule has 1 nitrogen and oxygen atoms in total. The monoisotopic (exact) mass is 279 g/mol. The molecule has 0 fully saturated rings. The highest BCUT2D eigenvalue weighted by Crippen LogP contribution is 2.22. The second-order valence-corrected chi connectivity index (χ2v) is 3.84. The Morgan fingerprint density at radius 2 is 2.27 bits per heavy atom. The molecule has 0 radical (unpaired) electrons. The van der Waals surface area contributed by atoms with Crippen molar-refractivity contribution in [2.75, 3.05) is 12.0 Å². The van der Waals surface area contributed by atoms with E-state index in [1.165, 1.54) is 10.5 Å². The van der Waals surface area contributed by atoms with Crippen LogP contribution in [-0.2, 0) is 4.43 Å². The molecule has 0 aliphatic heterocycles. The van der Waals surface area contributed by atoms with Crippen LogP contribution >= 0.6 is 34.4 Å². The normalized spacial score (nSPS) is 10.0. The van der Waals surface area contributed by atoms with Crippen molar-refractivity contribution in [2.24, 2.45) is 0 Å². The Labute approximate surface area is 84.9 Å². The van der Waals surface area contributed by atoms with Crippen molar-refractivity contribution < 1.29 is 0 Å². The Hall–Kier alpha value is 0.1000. The van der Waals surface area contributed by atoms with Crippen molar-refractivity contribution in [2.45, 2.75) is 9.32 Å². The van der Waals surface area contributed by atoms with Crippen LogP contribution in [0.25, 0.3) is 0 Å². The van der Waals surface area contributed by atoms with E-state index in [0.717, 1.165) is 10.1 Å². The van der Waals surface area contributed by atoms with Gasteiger partial charge >= 0.3 is 0 Å². The van der Waals surface area contributed by atoms with Crippen LogP contribution in [0, 0.1) is 0 Å². The summed E-state index contributed by atoms with van der Waals surface area (Å²) in [5.74, 6) is 0. The van der Waals surface area contributed by atoms with E-state index in [0.29, 0.717) is 0 Å². The molecule has 0 heterocycles. The number of hydrogen-bond acceptors (Lipinski definition) is 2. The highest BCUT2D eigenvalue weighted by molar-refractivity contribution is 14.1. The average molecular weight is 279 g/mol. The van der Waals surface area contributed by atoms with E-state index in [-0.39, 0.29) is 0 Å². The van der Waals surface area contributed by atoms with Crippen LogP contribution in [0.2, 0.25) is 0 Å². The molecular formula is C8H10INS. The lowest BCUT2D eigenvalue weighted by atomic mass is 10.2. The molecule has 0 atom stereocenters. The number of thioether (sulfide) groups is 1. The number of halogens is 1. The van der Waals surface area contributed by atoms with Gasteiger partial charge in [0, 0.05) is 15.0 Å². The van der Waals surface area contributed by atoms with Crippen LogP contribution in [0.1, 0.15) is 5.56 Å². The number of nitrogens with two attached hydrogens (primary N) is 1. The Morgan fingerprint density at radius 3 is 2.73 bits per heavy atom. The van der Waals surface area contributed by atoms with Gasteiger partial charge in [-0.2, -0.15) is 0 Å². The molecular weight excluding hydrogens is 269 g/mol. The highest BCUT2D eigenvalue weighted by Gasteiger charge is 1.97. The van der Waals surface area contributed by atoms with Gasteiger partial charge in [0.2, 0.25) is 0 Å². The second-order valence-electron chi connectivity index (χ2n) is 2.20. The molecule has 0 aliphatic rings. The first-order chi connectivity index (χ1) is 5.27. The molecule has 0 unspecified atom stereocenters. The fourth-order valence-corrected chi connectivity index (χ4v) is 1.97. The summed E-state index contributed by atoms with van der Waals surface area (Å²) in [6, 6.07) is 6.22. The van der Waals surface area contributed by atoms with Crippen molar-refractivity contribution in [3.63, 3.8) is 0 Å². The number of hydrogen-bond donors (Lipinski definition) is 1. The first kappa shape index (κ1) is 9.19. The summed E-state index contributed by atoms with van der Waals surface area (Å²) in [7, 11) is 0. The molecule has 0 aliphatic carbocycles. The Morgan fingerprint density at radius 1 is 1.55 bits per heavy atom. The number of anilines is 1. The summed E-state index contributed by atoms with van der Waals surface area (Å²) in [6.07, 6.45) is 2.05. The van der Waals surface area contributed by atoms with Gasteiger partial charge in [-0.1, -0.05) is 28.7 Å². The lowest BCUT2D eigenvalue weighted by Gasteiger charge is -2.02. The molecule has 2 N–H and O–H groups in total. The van der Waals surface area contributed by atoms with Gasteiger partial charge in [0.1, 0.15) is 0 Å². The first-order valence-electron chi connectivity index (χ1n) is 3.26. The zero-order chi connectivity index (χ0) is 8.27. The quantitative estimate of drug-likeness (QED) is 0.390. The summed E-state index contributed by atoms with van der Waals surface area (Å²) in [4.78, 5) is 1.23. The molecule has 1 aromatic carbocycles. The molecule has 1 rings (SSSR count). The molecule has 0 saturated heterocycles. The minimum Gasteiger partial charge on any atom is -0.398 e. The number of benzene rings is 1. The summed E-state index contributed by atoms with van der Waals surface area (Å²) < 4.78 is 0.984. The lowest BCUT2D eigenvalue weighted by Crippen LogP contribution is -1.90. The molecule has 0 bridgehead atoms. The predicted molar refractivity (Wildman–Crippen MR) is 60.4 cm³/mol. The smallest absolute Gasteiger partial charge is 0.0365 e. The third-order valence-corrected chi connectivity index (χ3v) is 3.04.